The number of nitrogens with zero attached hydrogens (tertiary/aromatic N) is 1. The maximum absolute atomic E-state index is 8.74. The van der Waals surface area contributed by atoms with E-state index in [0.717, 1.165) is 0 Å². The molecular weight excluding hydrogens is 238 g/mol. The zero-order valence-electron chi connectivity index (χ0n) is 7.24. The molecule has 0 aromatic rings. The third-order valence-electron chi connectivity index (χ3n) is 0. The molecule has 8 nitrogen and oxygen atoms in total. The van der Waals surface area contributed by atoms with E-state index >= 15 is 0 Å². The topological polar surface area (TPSA) is 138 Å². The summed E-state index contributed by atoms with van der Waals surface area (Å²) >= 11 is 0. The van der Waals surface area contributed by atoms with E-state index in [1.807, 2.05) is 0 Å². The van der Waals surface area contributed by atoms with Crippen molar-refractivity contribution in [2.45, 2.75) is 0 Å². The summed E-state index contributed by atoms with van der Waals surface area (Å²) in [5.74, 6) is 0. The maximum Gasteiger partial charge on any atom is 2.00 e. The molecule has 11 heteroatoms. The molecule has 0 saturated carbocycles. The predicted octanol–water partition coefficient (Wildman–Crippen LogP) is -1.54. The van der Waals surface area contributed by atoms with Crippen LogP contribution in [0.4, 0.5) is 0 Å². The van der Waals surface area contributed by atoms with Gasteiger partial charge < -0.3 is 8.06 Å². The van der Waals surface area contributed by atoms with E-state index in [1.165, 1.54) is 0 Å². The molecule has 0 heterocycles. The second-order valence-electron chi connectivity index (χ2n) is 0.686. The quantitative estimate of drug-likeness (QED) is 0.203. The zero-order valence-corrected chi connectivity index (χ0v) is 10.5. The van der Waals surface area contributed by atoms with Gasteiger partial charge in [-0.15, -0.1) is 10.1 Å². The monoisotopic (exact) mass is 243 g/mol. The predicted molar refractivity (Wildman–Crippen MR) is 36.7 cm³/mol. The zero-order chi connectivity index (χ0) is 8.08. The largest absolute Gasteiger partial charge is 2.00 e. The molecule has 0 aromatic heterocycles. The van der Waals surface area contributed by atoms with Gasteiger partial charge in [0, 0.05) is 0 Å². The van der Waals surface area contributed by atoms with Crippen molar-refractivity contribution in [3.8, 4) is 0 Å². The molecule has 0 rings (SSSR count). The molecule has 60 valence electrons. The van der Waals surface area contributed by atoms with Gasteiger partial charge in [0.2, 0.25) is 0 Å². The fraction of sp³-hybridized carbons (Fsp3) is 0. The van der Waals surface area contributed by atoms with Gasteiger partial charge in [-0.2, -0.15) is 8.42 Å². The average Bonchev–Trinajstić information content (AvgIpc) is 1.19. The van der Waals surface area contributed by atoms with Gasteiger partial charge in [0.05, 0.1) is 0 Å². The Morgan fingerprint density at radius 3 is 1.27 bits per heavy atom. The standard InChI is InChI=1S/2Ca.HNO3.H2O4S.2H/c;;2-1(3)4;1-5(2,3)4;;/h;;(H,2,3,4);(H2,1,2,3,4);;/q2*+2;;;2*-1. The van der Waals surface area contributed by atoms with Crippen LogP contribution in [0.3, 0.4) is 0 Å². The summed E-state index contributed by atoms with van der Waals surface area (Å²) in [5.41, 5.74) is 0. The number of rotatable bonds is 0. The molecule has 0 amide bonds. The Hall–Kier alpha value is 1.59. The molecule has 0 atom stereocenters. The second-order valence-corrected chi connectivity index (χ2v) is 1.58. The molecule has 0 fully saturated rings. The second kappa shape index (κ2) is 11.6. The SMILES string of the molecule is O=S(=O)(O)O.O=[N+]([O-])O.[Ca+2].[Ca+2].[H-].[H-]. The van der Waals surface area contributed by atoms with E-state index in [9.17, 15) is 0 Å². The van der Waals surface area contributed by atoms with Crippen LogP contribution < -0.4 is 0 Å². The first-order valence-corrected chi connectivity index (χ1v) is 2.66. The van der Waals surface area contributed by atoms with Crippen molar-refractivity contribution in [1.29, 1.82) is 0 Å². The summed E-state index contributed by atoms with van der Waals surface area (Å²) < 4.78 is 31.6. The molecule has 0 aliphatic carbocycles. The van der Waals surface area contributed by atoms with Crippen LogP contribution in [-0.4, -0.2) is 103 Å². The van der Waals surface area contributed by atoms with E-state index < -0.39 is 15.5 Å². The molecule has 0 bridgehead atoms. The van der Waals surface area contributed by atoms with Gasteiger partial charge in [-0.05, 0) is 0 Å². The Morgan fingerprint density at radius 1 is 1.27 bits per heavy atom. The molecule has 11 heavy (non-hydrogen) atoms. The van der Waals surface area contributed by atoms with Gasteiger partial charge in [-0.1, -0.05) is 0 Å². The van der Waals surface area contributed by atoms with Crippen LogP contribution in [0.5, 0.6) is 0 Å². The van der Waals surface area contributed by atoms with Crippen LogP contribution in [0.15, 0.2) is 0 Å². The normalized spacial score (nSPS) is 7.45. The Bertz CT molecular complexity index is 167. The van der Waals surface area contributed by atoms with Crippen molar-refractivity contribution >= 4 is 85.9 Å². The summed E-state index contributed by atoms with van der Waals surface area (Å²) in [6.07, 6.45) is 0. The van der Waals surface area contributed by atoms with E-state index in [0.29, 0.717) is 0 Å². The maximum atomic E-state index is 8.74. The summed E-state index contributed by atoms with van der Waals surface area (Å²) in [5, 5.41) is 13.6. The molecule has 0 aliphatic heterocycles. The van der Waals surface area contributed by atoms with E-state index in [4.69, 9.17) is 32.8 Å². The van der Waals surface area contributed by atoms with E-state index in [1.54, 1.807) is 0 Å². The van der Waals surface area contributed by atoms with Crippen LogP contribution in [0.2, 0.25) is 0 Å². The molecule has 0 radical (unpaired) electrons. The van der Waals surface area contributed by atoms with Gasteiger partial charge in [0.1, 0.15) is 0 Å². The smallest absolute Gasteiger partial charge is 1.00 e. The summed E-state index contributed by atoms with van der Waals surface area (Å²) in [6.45, 7) is 0. The third kappa shape index (κ3) is 422. The van der Waals surface area contributed by atoms with Crippen molar-refractivity contribution in [1.82, 2.24) is 0 Å². The average molecular weight is 243 g/mol. The van der Waals surface area contributed by atoms with Crippen LogP contribution >= 0.6 is 0 Å². The minimum Gasteiger partial charge on any atom is -1.00 e. The van der Waals surface area contributed by atoms with Crippen molar-refractivity contribution in [3.05, 3.63) is 10.1 Å². The molecule has 0 spiro atoms. The van der Waals surface area contributed by atoms with Gasteiger partial charge in [0.15, 0.2) is 0 Å². The van der Waals surface area contributed by atoms with E-state index in [2.05, 4.69) is 0 Å². The van der Waals surface area contributed by atoms with Gasteiger partial charge >= 0.3 is 85.9 Å². The minimum atomic E-state index is -4.67. The first-order valence-electron chi connectivity index (χ1n) is 1.26. The summed E-state index contributed by atoms with van der Waals surface area (Å²) in [6, 6.07) is 0. The summed E-state index contributed by atoms with van der Waals surface area (Å²) in [7, 11) is -4.67. The fourth-order valence-electron chi connectivity index (χ4n) is 0. The summed E-state index contributed by atoms with van der Waals surface area (Å²) in [4.78, 5) is 8.36. The number of hydrogen-bond donors (Lipinski definition) is 3. The Balaban J connectivity index is -0.0000000146. The molecule has 3 N–H and O–H groups in total. The third-order valence-corrected chi connectivity index (χ3v) is 0. The first kappa shape index (κ1) is 22.9. The molecule has 0 unspecified atom stereocenters. The van der Waals surface area contributed by atoms with Crippen LogP contribution in [0.25, 0.3) is 0 Å². The molecule has 0 aromatic carbocycles. The van der Waals surface area contributed by atoms with Crippen molar-refractivity contribution in [2.75, 3.05) is 0 Å². The first-order chi connectivity index (χ1) is 3.73. The number of hydrogen-bond acceptors (Lipinski definition) is 4. The minimum absolute atomic E-state index is 0. The van der Waals surface area contributed by atoms with Crippen LogP contribution in [0.1, 0.15) is 2.85 Å². The van der Waals surface area contributed by atoms with Gasteiger partial charge in [0.25, 0.3) is 5.09 Å². The van der Waals surface area contributed by atoms with Crippen LogP contribution in [0, 0.1) is 10.1 Å². The molecule has 0 saturated heterocycles. The van der Waals surface area contributed by atoms with Crippen molar-refractivity contribution in [2.24, 2.45) is 0 Å². The molecular formula is H5Ca2NO7S+2. The van der Waals surface area contributed by atoms with E-state index in [-0.39, 0.29) is 78.3 Å². The molecule has 0 aliphatic rings. The van der Waals surface area contributed by atoms with Crippen molar-refractivity contribution < 1.29 is 30.7 Å². The Kier molecular flexibility index (Phi) is 24.1. The Labute approximate surface area is 125 Å². The van der Waals surface area contributed by atoms with Gasteiger partial charge in [-0.25, -0.2) is 0 Å². The Morgan fingerprint density at radius 2 is 1.27 bits per heavy atom. The van der Waals surface area contributed by atoms with Crippen molar-refractivity contribution in [3.63, 3.8) is 0 Å². The fourth-order valence-corrected chi connectivity index (χ4v) is 0. The van der Waals surface area contributed by atoms with Gasteiger partial charge in [-0.3, -0.25) is 9.11 Å². The van der Waals surface area contributed by atoms with Crippen LogP contribution in [-0.2, 0) is 10.4 Å².